The van der Waals surface area contributed by atoms with Crippen LogP contribution >= 0.6 is 0 Å². The summed E-state index contributed by atoms with van der Waals surface area (Å²) >= 11 is 0. The van der Waals surface area contributed by atoms with E-state index in [9.17, 15) is 14.0 Å². The first-order valence-electron chi connectivity index (χ1n) is 19.7. The first-order chi connectivity index (χ1) is 26.9. The minimum Gasteiger partial charge on any atom is -0.530 e. The van der Waals surface area contributed by atoms with Crippen LogP contribution in [0.1, 0.15) is 91.1 Å². The normalized spacial score (nSPS) is 14.7. The van der Waals surface area contributed by atoms with E-state index < -0.39 is 43.4 Å². The summed E-state index contributed by atoms with van der Waals surface area (Å²) in [5, 5.41) is 2.88. The molecule has 13 heteroatoms. The zero-order valence-corrected chi connectivity index (χ0v) is 37.5. The number of anilines is 1. The number of methoxy groups -OCH3 is 1. The van der Waals surface area contributed by atoms with Gasteiger partial charge in [0.05, 0.1) is 18.5 Å². The highest BCUT2D eigenvalue weighted by Crippen LogP contribution is 2.45. The highest BCUT2D eigenvalue weighted by molar-refractivity contribution is 6.74. The number of ether oxygens (including phenoxy) is 3. The van der Waals surface area contributed by atoms with Gasteiger partial charge in [0.25, 0.3) is 8.32 Å². The lowest BCUT2D eigenvalue weighted by atomic mass is 9.91. The molecular formula is C45H61FN4O7Si. The first-order valence-corrected chi connectivity index (χ1v) is 22.6. The summed E-state index contributed by atoms with van der Waals surface area (Å²) in [6, 6.07) is 11.4. The standard InChI is InChI=1S/C45H61FN4O7Si/c1-15-23-55-33-22-19-30(37(27-33)54-12)25-34(47-39(51)35(16-2)49(11)42(53)56-43(3,4)5)41(52)50-28-45(9,10)38-36(50)26-31(24-29-17-20-32(46)21-18-29)40(48-38)57-58(13,14)44(6,7)8/h1,17-22,26-27,34-35H,16,23-25,28H2,2-14H3,(H,47,51)/t34?,35-/m0/s1. The smallest absolute Gasteiger partial charge is 0.410 e. The van der Waals surface area contributed by atoms with E-state index in [1.807, 2.05) is 19.9 Å². The molecule has 3 aromatic rings. The van der Waals surface area contributed by atoms with Crippen LogP contribution in [0, 0.1) is 18.2 Å². The molecule has 4 rings (SSSR count). The highest BCUT2D eigenvalue weighted by atomic mass is 28.4. The number of halogens is 1. The molecule has 58 heavy (non-hydrogen) atoms. The molecule has 0 saturated heterocycles. The first kappa shape index (κ1) is 45.6. The van der Waals surface area contributed by atoms with Gasteiger partial charge in [-0.15, -0.1) is 6.42 Å². The quantitative estimate of drug-likeness (QED) is 0.128. The third-order valence-electron chi connectivity index (χ3n) is 10.7. The van der Waals surface area contributed by atoms with Gasteiger partial charge in [-0.3, -0.25) is 14.5 Å². The van der Waals surface area contributed by atoms with Crippen molar-refractivity contribution in [1.29, 1.82) is 0 Å². The number of rotatable bonds is 14. The molecule has 0 fully saturated rings. The number of terminal acetylenes is 1. The van der Waals surface area contributed by atoms with Crippen LogP contribution in [-0.4, -0.2) is 81.1 Å². The Labute approximate surface area is 345 Å². The minimum absolute atomic E-state index is 0.0461. The van der Waals surface area contributed by atoms with Crippen molar-refractivity contribution in [2.45, 2.75) is 123 Å². The lowest BCUT2D eigenvalue weighted by Crippen LogP contribution is -2.56. The van der Waals surface area contributed by atoms with E-state index in [0.29, 0.717) is 40.7 Å². The maximum Gasteiger partial charge on any atom is 0.410 e. The van der Waals surface area contributed by atoms with Crippen LogP contribution in [0.25, 0.3) is 0 Å². The van der Waals surface area contributed by atoms with Crippen LogP contribution in [-0.2, 0) is 32.6 Å². The zero-order valence-electron chi connectivity index (χ0n) is 36.5. The Bertz CT molecular complexity index is 2010. The predicted octanol–water partition coefficient (Wildman–Crippen LogP) is 8.21. The van der Waals surface area contributed by atoms with Gasteiger partial charge in [-0.2, -0.15) is 0 Å². The van der Waals surface area contributed by atoms with Crippen molar-refractivity contribution in [3.63, 3.8) is 0 Å². The van der Waals surface area contributed by atoms with Gasteiger partial charge in [0.15, 0.2) is 0 Å². The molecule has 0 radical (unpaired) electrons. The molecule has 0 saturated carbocycles. The second-order valence-electron chi connectivity index (χ2n) is 18.0. The fraction of sp³-hybridized carbons (Fsp3) is 0.511. The van der Waals surface area contributed by atoms with E-state index in [1.165, 1.54) is 31.2 Å². The molecule has 0 spiro atoms. The monoisotopic (exact) mass is 816 g/mol. The molecule has 3 amide bonds. The largest absolute Gasteiger partial charge is 0.530 e. The second-order valence-corrected chi connectivity index (χ2v) is 22.8. The maximum absolute atomic E-state index is 15.1. The van der Waals surface area contributed by atoms with Crippen molar-refractivity contribution in [2.75, 3.05) is 32.2 Å². The zero-order chi connectivity index (χ0) is 43.4. The van der Waals surface area contributed by atoms with E-state index >= 15 is 4.79 Å². The lowest BCUT2D eigenvalue weighted by Gasteiger charge is -2.36. The number of nitrogens with zero attached hydrogens (tertiary/aromatic N) is 3. The Morgan fingerprint density at radius 2 is 1.71 bits per heavy atom. The number of likely N-dealkylation sites (N-methyl/N-ethyl adjacent to an activating group) is 1. The molecule has 314 valence electrons. The van der Waals surface area contributed by atoms with Gasteiger partial charge in [-0.25, -0.2) is 14.2 Å². The molecule has 2 atom stereocenters. The molecule has 0 bridgehead atoms. The molecule has 1 aromatic heterocycles. The Balaban J connectivity index is 1.83. The van der Waals surface area contributed by atoms with Crippen molar-refractivity contribution >= 4 is 31.9 Å². The third-order valence-corrected chi connectivity index (χ3v) is 15.0. The van der Waals surface area contributed by atoms with E-state index in [-0.39, 0.29) is 42.8 Å². The van der Waals surface area contributed by atoms with Gasteiger partial charge in [-0.05, 0) is 80.7 Å². The molecule has 0 aliphatic carbocycles. The van der Waals surface area contributed by atoms with Crippen LogP contribution < -0.4 is 24.1 Å². The van der Waals surface area contributed by atoms with Gasteiger partial charge in [-0.1, -0.05) is 65.7 Å². The Kier molecular flexibility index (Phi) is 14.0. The minimum atomic E-state index is -2.38. The van der Waals surface area contributed by atoms with Gasteiger partial charge >= 0.3 is 6.09 Å². The van der Waals surface area contributed by atoms with Crippen molar-refractivity contribution in [2.24, 2.45) is 0 Å². The number of hydrogen-bond donors (Lipinski definition) is 1. The summed E-state index contributed by atoms with van der Waals surface area (Å²) in [5.74, 6) is 2.63. The van der Waals surface area contributed by atoms with Crippen LogP contribution in [0.2, 0.25) is 18.1 Å². The molecule has 11 nitrogen and oxygen atoms in total. The molecule has 1 unspecified atom stereocenters. The number of carbonyl (C=O) groups excluding carboxylic acids is 3. The van der Waals surface area contributed by atoms with E-state index in [0.717, 1.165) is 11.1 Å². The average molecular weight is 817 g/mol. The van der Waals surface area contributed by atoms with E-state index in [4.69, 9.17) is 30.0 Å². The van der Waals surface area contributed by atoms with Crippen molar-refractivity contribution < 1.29 is 37.4 Å². The van der Waals surface area contributed by atoms with Gasteiger partial charge in [0.2, 0.25) is 17.7 Å². The number of benzene rings is 2. The van der Waals surface area contributed by atoms with E-state index in [2.05, 4.69) is 45.1 Å². The van der Waals surface area contributed by atoms with Crippen LogP contribution in [0.15, 0.2) is 48.5 Å². The van der Waals surface area contributed by atoms with Gasteiger partial charge in [0, 0.05) is 43.5 Å². The van der Waals surface area contributed by atoms with Crippen LogP contribution in [0.5, 0.6) is 17.4 Å². The number of fused-ring (bicyclic) bond motifs is 1. The molecule has 2 heterocycles. The molecule has 1 aliphatic rings. The van der Waals surface area contributed by atoms with Crippen molar-refractivity contribution in [1.82, 2.24) is 15.2 Å². The highest BCUT2D eigenvalue weighted by Gasteiger charge is 2.45. The summed E-state index contributed by atoms with van der Waals surface area (Å²) in [6.07, 6.45) is 5.43. The molecular weight excluding hydrogens is 756 g/mol. The number of pyridine rings is 1. The lowest BCUT2D eigenvalue weighted by molar-refractivity contribution is -0.130. The molecule has 2 aromatic carbocycles. The summed E-state index contributed by atoms with van der Waals surface area (Å²) in [7, 11) is 0.636. The third kappa shape index (κ3) is 10.9. The Hall–Kier alpha value is -5.09. The number of nitrogens with one attached hydrogen (secondary N) is 1. The van der Waals surface area contributed by atoms with E-state index in [1.54, 1.807) is 62.9 Å². The van der Waals surface area contributed by atoms with Gasteiger partial charge < -0.3 is 28.9 Å². The maximum atomic E-state index is 15.1. The van der Waals surface area contributed by atoms with Crippen LogP contribution in [0.3, 0.4) is 0 Å². The number of hydrogen-bond acceptors (Lipinski definition) is 8. The Morgan fingerprint density at radius 1 is 1.05 bits per heavy atom. The predicted molar refractivity (Wildman–Crippen MR) is 228 cm³/mol. The summed E-state index contributed by atoms with van der Waals surface area (Å²) in [5.41, 5.74) is 2.14. The molecule has 1 aliphatic heterocycles. The Morgan fingerprint density at radius 3 is 2.28 bits per heavy atom. The molecule has 1 N–H and O–H groups in total. The summed E-state index contributed by atoms with van der Waals surface area (Å²) in [6.45, 7) is 22.2. The number of amides is 3. The fourth-order valence-electron chi connectivity index (χ4n) is 6.49. The van der Waals surface area contributed by atoms with Crippen molar-refractivity contribution in [3.05, 3.63) is 76.7 Å². The van der Waals surface area contributed by atoms with Crippen molar-refractivity contribution in [3.8, 4) is 29.7 Å². The second kappa shape index (κ2) is 17.8. The van der Waals surface area contributed by atoms with Crippen LogP contribution in [0.4, 0.5) is 14.9 Å². The average Bonchev–Trinajstić information content (AvgIpc) is 3.39. The summed E-state index contributed by atoms with van der Waals surface area (Å²) in [4.78, 5) is 50.5. The summed E-state index contributed by atoms with van der Waals surface area (Å²) < 4.78 is 37.8. The topological polar surface area (TPSA) is 120 Å². The van der Waals surface area contributed by atoms with Gasteiger partial charge in [0.1, 0.15) is 41.6 Å². The number of carbonyl (C=O) groups is 3. The fourth-order valence-corrected chi connectivity index (χ4v) is 7.46. The number of aromatic nitrogens is 1. The SMILES string of the molecule is C#CCOc1ccc(CC(NC(=O)[C@H](CC)N(C)C(=O)OC(C)(C)C)C(=O)N2CC(C)(C)c3nc(O[Si](C)(C)C(C)(C)C)c(Cc4ccc(F)cc4)cc32)c(OC)c1.